The number of hydrogen-bond donors (Lipinski definition) is 4. The summed E-state index contributed by atoms with van der Waals surface area (Å²) in [5, 5.41) is 34.7. The molecule has 13 nitrogen and oxygen atoms in total. The van der Waals surface area contributed by atoms with Gasteiger partial charge in [0, 0.05) is 6.92 Å². The summed E-state index contributed by atoms with van der Waals surface area (Å²) in [4.78, 5) is 30.1. The first-order chi connectivity index (χ1) is 10.6. The average Bonchev–Trinajstić information content (AvgIpc) is 2.93. The van der Waals surface area contributed by atoms with Gasteiger partial charge in [0.25, 0.3) is 0 Å². The molecule has 0 aliphatic carbocycles. The lowest BCUT2D eigenvalue weighted by molar-refractivity contribution is -0.384. The number of nitro groups is 2. The second kappa shape index (κ2) is 6.97. The Balaban J connectivity index is 0.000000238. The molecule has 0 aliphatic rings. The average molecular weight is 326 g/mol. The van der Waals surface area contributed by atoms with Gasteiger partial charge >= 0.3 is 11.4 Å². The summed E-state index contributed by atoms with van der Waals surface area (Å²) in [7, 11) is 0. The third kappa shape index (κ3) is 4.23. The highest BCUT2D eigenvalue weighted by molar-refractivity contribution is 5.90. The summed E-state index contributed by atoms with van der Waals surface area (Å²) in [6.07, 6.45) is 0. The van der Waals surface area contributed by atoms with Crippen molar-refractivity contribution in [2.45, 2.75) is 20.8 Å². The van der Waals surface area contributed by atoms with Crippen LogP contribution >= 0.6 is 0 Å². The van der Waals surface area contributed by atoms with E-state index < -0.39 is 15.8 Å². The molecule has 1 amide bonds. The van der Waals surface area contributed by atoms with Crippen molar-refractivity contribution in [3.8, 4) is 0 Å². The van der Waals surface area contributed by atoms with Crippen LogP contribution in [0.5, 0.6) is 0 Å². The van der Waals surface area contributed by atoms with Gasteiger partial charge in [-0.15, -0.1) is 5.10 Å². The van der Waals surface area contributed by atoms with Gasteiger partial charge in [-0.1, -0.05) is 0 Å². The summed E-state index contributed by atoms with van der Waals surface area (Å²) >= 11 is 0. The van der Waals surface area contributed by atoms with Crippen molar-refractivity contribution >= 4 is 28.9 Å². The van der Waals surface area contributed by atoms with Gasteiger partial charge in [0.05, 0.1) is 9.85 Å². The summed E-state index contributed by atoms with van der Waals surface area (Å²) < 4.78 is 0. The topological polar surface area (TPSA) is 199 Å². The quantitative estimate of drug-likeness (QED) is 0.468. The fraction of sp³-hybridized carbons (Fsp3) is 0.300. The first-order valence-corrected chi connectivity index (χ1v) is 6.06. The number of anilines is 2. The molecule has 0 aromatic carbocycles. The van der Waals surface area contributed by atoms with E-state index in [1.54, 1.807) is 6.92 Å². The minimum absolute atomic E-state index is 0.0463. The van der Waals surface area contributed by atoms with E-state index in [4.69, 9.17) is 5.73 Å². The van der Waals surface area contributed by atoms with Gasteiger partial charge in [0.2, 0.25) is 17.5 Å². The number of rotatable bonds is 3. The van der Waals surface area contributed by atoms with Crippen molar-refractivity contribution in [1.82, 2.24) is 20.4 Å². The number of aromatic nitrogens is 4. The van der Waals surface area contributed by atoms with Crippen molar-refractivity contribution in [3.05, 3.63) is 31.6 Å². The molecular formula is C10H14N8O5. The molecule has 2 aromatic heterocycles. The van der Waals surface area contributed by atoms with Crippen LogP contribution in [0.3, 0.4) is 0 Å². The maximum Gasteiger partial charge on any atom is 0.333 e. The lowest BCUT2D eigenvalue weighted by Crippen LogP contribution is -2.07. The van der Waals surface area contributed by atoms with Crippen LogP contribution in [0.4, 0.5) is 23.0 Å². The Labute approximate surface area is 128 Å². The van der Waals surface area contributed by atoms with E-state index in [2.05, 4.69) is 25.7 Å². The highest BCUT2D eigenvalue weighted by Gasteiger charge is 2.21. The van der Waals surface area contributed by atoms with Crippen LogP contribution in [-0.4, -0.2) is 36.1 Å². The fourth-order valence-corrected chi connectivity index (χ4v) is 1.57. The van der Waals surface area contributed by atoms with Crippen LogP contribution in [0.2, 0.25) is 0 Å². The molecule has 13 heteroatoms. The van der Waals surface area contributed by atoms with Crippen LogP contribution < -0.4 is 11.1 Å². The smallest absolute Gasteiger partial charge is 0.333 e. The maximum atomic E-state index is 10.6. The lowest BCUT2D eigenvalue weighted by Gasteiger charge is -1.94. The minimum atomic E-state index is -0.593. The highest BCUT2D eigenvalue weighted by atomic mass is 16.6. The van der Waals surface area contributed by atoms with E-state index >= 15 is 0 Å². The Morgan fingerprint density at radius 1 is 1.09 bits per heavy atom. The number of aromatic amines is 2. The Hall–Kier alpha value is -3.51. The third-order valence-corrected chi connectivity index (χ3v) is 2.52. The molecule has 0 bridgehead atoms. The Kier molecular flexibility index (Phi) is 5.31. The zero-order valence-electron chi connectivity index (χ0n) is 12.4. The van der Waals surface area contributed by atoms with E-state index in [0.29, 0.717) is 11.4 Å². The second-order valence-corrected chi connectivity index (χ2v) is 4.32. The van der Waals surface area contributed by atoms with E-state index in [1.807, 2.05) is 0 Å². The molecule has 0 spiro atoms. The number of nitrogen functional groups attached to an aromatic ring is 1. The number of nitrogens with two attached hydrogens (primary N) is 1. The molecule has 0 saturated heterocycles. The van der Waals surface area contributed by atoms with Crippen molar-refractivity contribution in [2.75, 3.05) is 11.1 Å². The second-order valence-electron chi connectivity index (χ2n) is 4.32. The van der Waals surface area contributed by atoms with Gasteiger partial charge in [-0.2, -0.15) is 5.10 Å². The predicted octanol–water partition coefficient (Wildman–Crippen LogP) is 0.793. The molecule has 0 aliphatic heterocycles. The van der Waals surface area contributed by atoms with Crippen molar-refractivity contribution < 1.29 is 14.6 Å². The molecule has 0 unspecified atom stereocenters. The van der Waals surface area contributed by atoms with Gasteiger partial charge in [-0.25, -0.2) is 0 Å². The molecule has 0 saturated carbocycles. The van der Waals surface area contributed by atoms with E-state index in [0.717, 1.165) is 0 Å². The number of carbonyl (C=O) groups excluding carboxylic acids is 1. The van der Waals surface area contributed by atoms with E-state index in [-0.39, 0.29) is 23.0 Å². The van der Waals surface area contributed by atoms with Crippen molar-refractivity contribution in [1.29, 1.82) is 0 Å². The zero-order valence-corrected chi connectivity index (χ0v) is 12.4. The number of hydrogen-bond acceptors (Lipinski definition) is 8. The van der Waals surface area contributed by atoms with Crippen molar-refractivity contribution in [3.63, 3.8) is 0 Å². The van der Waals surface area contributed by atoms with Gasteiger partial charge in [0.1, 0.15) is 11.4 Å². The lowest BCUT2D eigenvalue weighted by atomic mass is 10.4. The standard InChI is InChI=1S/C6H8N4O3.C4H6N4O2/c1-3-5(10(12)13)6(9-8-3)7-4(2)11;1-2-3(8(9)10)4(5)7-6-2/h1-2H3,(H2,7,8,9,11);1H3,(H3,5,6,7). The molecule has 2 rings (SSSR count). The molecule has 0 fully saturated rings. The predicted molar refractivity (Wildman–Crippen MR) is 78.7 cm³/mol. The first-order valence-electron chi connectivity index (χ1n) is 6.06. The first kappa shape index (κ1) is 17.5. The summed E-state index contributed by atoms with van der Waals surface area (Å²) in [5.74, 6) is -0.507. The summed E-state index contributed by atoms with van der Waals surface area (Å²) in [6, 6.07) is 0. The van der Waals surface area contributed by atoms with Crippen LogP contribution in [0.25, 0.3) is 0 Å². The molecule has 2 aromatic rings. The normalized spacial score (nSPS) is 9.70. The Morgan fingerprint density at radius 3 is 1.91 bits per heavy atom. The van der Waals surface area contributed by atoms with E-state index in [1.165, 1.54) is 13.8 Å². The molecule has 2 heterocycles. The molecule has 124 valence electrons. The summed E-state index contributed by atoms with van der Waals surface area (Å²) in [6.45, 7) is 4.31. The monoisotopic (exact) mass is 326 g/mol. The van der Waals surface area contributed by atoms with Crippen LogP contribution in [-0.2, 0) is 4.79 Å². The largest absolute Gasteiger partial charge is 0.376 e. The van der Waals surface area contributed by atoms with E-state index in [9.17, 15) is 25.0 Å². The minimum Gasteiger partial charge on any atom is -0.376 e. The van der Waals surface area contributed by atoms with Gasteiger partial charge < -0.3 is 11.1 Å². The third-order valence-electron chi connectivity index (χ3n) is 2.52. The number of nitrogens with one attached hydrogen (secondary N) is 3. The Bertz CT molecular complexity index is 729. The van der Waals surface area contributed by atoms with Gasteiger partial charge in [-0.3, -0.25) is 35.2 Å². The number of H-pyrrole nitrogens is 2. The maximum absolute atomic E-state index is 10.6. The Morgan fingerprint density at radius 2 is 1.57 bits per heavy atom. The molecule has 0 atom stereocenters. The van der Waals surface area contributed by atoms with Crippen LogP contribution in [0.1, 0.15) is 18.3 Å². The number of aryl methyl sites for hydroxylation is 2. The summed E-state index contributed by atoms with van der Waals surface area (Å²) in [5.41, 5.74) is 5.51. The molecule has 5 N–H and O–H groups in total. The SMILES string of the molecule is CC(=O)Nc1n[nH]c(C)c1[N+](=O)[O-].Cc1[nH]nc(N)c1[N+](=O)[O-]. The van der Waals surface area contributed by atoms with Crippen LogP contribution in [0, 0.1) is 34.1 Å². The zero-order chi connectivity index (χ0) is 17.7. The molecule has 23 heavy (non-hydrogen) atoms. The molecule has 0 radical (unpaired) electrons. The fourth-order valence-electron chi connectivity index (χ4n) is 1.57. The highest BCUT2D eigenvalue weighted by Crippen LogP contribution is 2.24. The van der Waals surface area contributed by atoms with Gasteiger partial charge in [-0.05, 0) is 13.8 Å². The van der Waals surface area contributed by atoms with Gasteiger partial charge in [0.15, 0.2) is 0 Å². The number of carbonyl (C=O) groups is 1. The number of nitrogens with zero attached hydrogens (tertiary/aromatic N) is 4. The van der Waals surface area contributed by atoms with Crippen LogP contribution in [0.15, 0.2) is 0 Å². The van der Waals surface area contributed by atoms with Crippen molar-refractivity contribution in [2.24, 2.45) is 0 Å². The molecular weight excluding hydrogens is 312 g/mol. The number of amides is 1.